The molecule has 0 aliphatic heterocycles. The highest BCUT2D eigenvalue weighted by atomic mass is 32.2. The molecule has 0 saturated carbocycles. The Labute approximate surface area is 100 Å². The predicted molar refractivity (Wildman–Crippen MR) is 69.6 cm³/mol. The van der Waals surface area contributed by atoms with Gasteiger partial charge in [-0.15, -0.1) is 0 Å². The molecule has 0 aromatic rings. The van der Waals surface area contributed by atoms with E-state index in [1.54, 1.807) is 0 Å². The van der Waals surface area contributed by atoms with Crippen LogP contribution in [0.2, 0.25) is 0 Å². The molecule has 0 aromatic heterocycles. The van der Waals surface area contributed by atoms with Gasteiger partial charge in [-0.05, 0) is 33.9 Å². The molecule has 5 heteroatoms. The molecule has 0 spiro atoms. The summed E-state index contributed by atoms with van der Waals surface area (Å²) in [5, 5.41) is 3.42. The van der Waals surface area contributed by atoms with Crippen LogP contribution >= 0.6 is 0 Å². The first kappa shape index (κ1) is 15.9. The zero-order valence-corrected chi connectivity index (χ0v) is 12.0. The summed E-state index contributed by atoms with van der Waals surface area (Å²) < 4.78 is 22.1. The second kappa shape index (κ2) is 7.25. The molecule has 2 unspecified atom stereocenters. The number of nitrogens with zero attached hydrogens (tertiary/aromatic N) is 1. The summed E-state index contributed by atoms with van der Waals surface area (Å²) in [6.45, 7) is 7.99. The number of sulfone groups is 1. The van der Waals surface area contributed by atoms with E-state index < -0.39 is 9.84 Å². The summed E-state index contributed by atoms with van der Waals surface area (Å²) in [4.78, 5) is 2.09. The smallest absolute Gasteiger partial charge is 0.148 e. The Kier molecular flexibility index (Phi) is 7.19. The second-order valence-electron chi connectivity index (χ2n) is 4.59. The van der Waals surface area contributed by atoms with Gasteiger partial charge in [0.15, 0.2) is 0 Å². The van der Waals surface area contributed by atoms with Crippen molar-refractivity contribution < 1.29 is 8.42 Å². The topological polar surface area (TPSA) is 49.4 Å². The molecule has 4 nitrogen and oxygen atoms in total. The molecule has 1 N–H and O–H groups in total. The van der Waals surface area contributed by atoms with E-state index in [0.29, 0.717) is 18.6 Å². The normalized spacial score (nSPS) is 16.4. The first-order valence-corrected chi connectivity index (χ1v) is 7.95. The van der Waals surface area contributed by atoms with E-state index in [9.17, 15) is 8.42 Å². The maximum absolute atomic E-state index is 11.1. The summed E-state index contributed by atoms with van der Waals surface area (Å²) in [5.74, 6) is 0.230. The number of hydrogen-bond donors (Lipinski definition) is 1. The van der Waals surface area contributed by atoms with Gasteiger partial charge in [0.2, 0.25) is 0 Å². The van der Waals surface area contributed by atoms with Crippen LogP contribution in [0.1, 0.15) is 27.2 Å². The summed E-state index contributed by atoms with van der Waals surface area (Å²) in [6, 6.07) is 0.720. The Hall–Kier alpha value is -0.130. The minimum atomic E-state index is -2.86. The molecule has 2 atom stereocenters. The fourth-order valence-corrected chi connectivity index (χ4v) is 2.06. The van der Waals surface area contributed by atoms with Crippen molar-refractivity contribution >= 4 is 9.84 Å². The molecule has 0 fully saturated rings. The molecular formula is C11H26N2O2S. The first-order valence-electron chi connectivity index (χ1n) is 5.89. The fraction of sp³-hybridized carbons (Fsp3) is 1.00. The number of nitrogens with one attached hydrogen (secondary N) is 1. The third-order valence-corrected chi connectivity index (χ3v) is 3.87. The molecule has 0 aliphatic carbocycles. The van der Waals surface area contributed by atoms with Gasteiger partial charge in [-0.1, -0.05) is 6.92 Å². The summed E-state index contributed by atoms with van der Waals surface area (Å²) in [5.41, 5.74) is 0. The number of likely N-dealkylation sites (N-methyl/N-ethyl adjacent to an activating group) is 1. The monoisotopic (exact) mass is 250 g/mol. The molecule has 16 heavy (non-hydrogen) atoms. The lowest BCUT2D eigenvalue weighted by molar-refractivity contribution is 0.224. The van der Waals surface area contributed by atoms with E-state index in [1.165, 1.54) is 6.26 Å². The van der Waals surface area contributed by atoms with Crippen LogP contribution in [0.5, 0.6) is 0 Å². The minimum absolute atomic E-state index is 0.230. The van der Waals surface area contributed by atoms with Gasteiger partial charge in [-0.2, -0.15) is 0 Å². The quantitative estimate of drug-likeness (QED) is 0.690. The molecule has 0 aliphatic rings. The van der Waals surface area contributed by atoms with Gasteiger partial charge in [0, 0.05) is 24.9 Å². The Morgan fingerprint density at radius 2 is 1.88 bits per heavy atom. The van der Waals surface area contributed by atoms with E-state index in [0.717, 1.165) is 13.0 Å². The van der Waals surface area contributed by atoms with E-state index in [1.807, 2.05) is 7.05 Å². The van der Waals surface area contributed by atoms with Crippen LogP contribution in [0.4, 0.5) is 0 Å². The summed E-state index contributed by atoms with van der Waals surface area (Å²) in [6.07, 6.45) is 2.40. The lowest BCUT2D eigenvalue weighted by Crippen LogP contribution is -2.46. The molecule has 0 heterocycles. The van der Waals surface area contributed by atoms with Gasteiger partial charge in [0.25, 0.3) is 0 Å². The summed E-state index contributed by atoms with van der Waals surface area (Å²) in [7, 11) is -0.885. The molecule has 0 aromatic carbocycles. The van der Waals surface area contributed by atoms with Crippen molar-refractivity contribution in [3.05, 3.63) is 0 Å². The SMILES string of the molecule is CCCNC(C)C(C)N(C)CCS(C)(=O)=O. The van der Waals surface area contributed by atoms with Crippen LogP contribution in [0, 0.1) is 0 Å². The summed E-state index contributed by atoms with van der Waals surface area (Å²) >= 11 is 0. The zero-order valence-electron chi connectivity index (χ0n) is 11.2. The first-order chi connectivity index (χ1) is 7.28. The lowest BCUT2D eigenvalue weighted by atomic mass is 10.1. The van der Waals surface area contributed by atoms with Crippen LogP contribution in [-0.2, 0) is 9.84 Å². The second-order valence-corrected chi connectivity index (χ2v) is 6.85. The number of hydrogen-bond acceptors (Lipinski definition) is 4. The number of rotatable bonds is 8. The molecule has 0 saturated heterocycles. The maximum Gasteiger partial charge on any atom is 0.148 e. The van der Waals surface area contributed by atoms with E-state index in [-0.39, 0.29) is 5.75 Å². The fourth-order valence-electron chi connectivity index (χ4n) is 1.44. The van der Waals surface area contributed by atoms with Crippen LogP contribution in [-0.4, -0.2) is 57.5 Å². The third-order valence-electron chi connectivity index (χ3n) is 2.95. The zero-order chi connectivity index (χ0) is 12.8. The van der Waals surface area contributed by atoms with Crippen molar-refractivity contribution in [1.29, 1.82) is 0 Å². The Bertz CT molecular complexity index is 278. The van der Waals surface area contributed by atoms with Crippen molar-refractivity contribution in [3.63, 3.8) is 0 Å². The molecule has 98 valence electrons. The molecule has 0 bridgehead atoms. The average Bonchev–Trinajstić information content (AvgIpc) is 2.20. The molecule has 0 rings (SSSR count). The van der Waals surface area contributed by atoms with Crippen molar-refractivity contribution in [1.82, 2.24) is 10.2 Å². The Morgan fingerprint density at radius 1 is 1.31 bits per heavy atom. The Morgan fingerprint density at radius 3 is 2.31 bits per heavy atom. The highest BCUT2D eigenvalue weighted by Gasteiger charge is 2.17. The molecular weight excluding hydrogens is 224 g/mol. The van der Waals surface area contributed by atoms with Gasteiger partial charge < -0.3 is 10.2 Å². The van der Waals surface area contributed by atoms with E-state index >= 15 is 0 Å². The van der Waals surface area contributed by atoms with Crippen molar-refractivity contribution in [3.8, 4) is 0 Å². The lowest BCUT2D eigenvalue weighted by Gasteiger charge is -2.30. The predicted octanol–water partition coefficient (Wildman–Crippen LogP) is 0.739. The van der Waals surface area contributed by atoms with Gasteiger partial charge in [-0.25, -0.2) is 8.42 Å². The molecule has 0 radical (unpaired) electrons. The maximum atomic E-state index is 11.1. The van der Waals surface area contributed by atoms with Gasteiger partial charge >= 0.3 is 0 Å². The van der Waals surface area contributed by atoms with Gasteiger partial charge in [0.1, 0.15) is 9.84 Å². The largest absolute Gasteiger partial charge is 0.313 e. The van der Waals surface area contributed by atoms with Crippen LogP contribution < -0.4 is 5.32 Å². The van der Waals surface area contributed by atoms with Crippen LogP contribution in [0.15, 0.2) is 0 Å². The van der Waals surface area contributed by atoms with Crippen molar-refractivity contribution in [2.45, 2.75) is 39.3 Å². The Balaban J connectivity index is 4.02. The third kappa shape index (κ3) is 7.19. The average molecular weight is 250 g/mol. The molecule has 0 amide bonds. The van der Waals surface area contributed by atoms with Gasteiger partial charge in [0.05, 0.1) is 5.75 Å². The minimum Gasteiger partial charge on any atom is -0.313 e. The van der Waals surface area contributed by atoms with Crippen LogP contribution in [0.3, 0.4) is 0 Å². The van der Waals surface area contributed by atoms with E-state index in [4.69, 9.17) is 0 Å². The standard InChI is InChI=1S/C11H26N2O2S/c1-6-7-12-10(2)11(3)13(4)8-9-16(5,14)15/h10-12H,6-9H2,1-5H3. The van der Waals surface area contributed by atoms with Crippen molar-refractivity contribution in [2.24, 2.45) is 0 Å². The van der Waals surface area contributed by atoms with Crippen LogP contribution in [0.25, 0.3) is 0 Å². The van der Waals surface area contributed by atoms with Gasteiger partial charge in [-0.3, -0.25) is 0 Å². The van der Waals surface area contributed by atoms with E-state index in [2.05, 4.69) is 31.0 Å². The highest BCUT2D eigenvalue weighted by Crippen LogP contribution is 2.02. The van der Waals surface area contributed by atoms with Crippen molar-refractivity contribution in [2.75, 3.05) is 32.1 Å². The highest BCUT2D eigenvalue weighted by molar-refractivity contribution is 7.90.